The van der Waals surface area contributed by atoms with Crippen molar-refractivity contribution in [3.05, 3.63) is 30.1 Å². The Morgan fingerprint density at radius 1 is 1.09 bits per heavy atom. The van der Waals surface area contributed by atoms with Gasteiger partial charge in [0.1, 0.15) is 17.2 Å². The van der Waals surface area contributed by atoms with Gasteiger partial charge in [0.25, 0.3) is 5.91 Å². The van der Waals surface area contributed by atoms with Crippen molar-refractivity contribution < 1.29 is 14.7 Å². The summed E-state index contributed by atoms with van der Waals surface area (Å²) < 4.78 is 1.78. The van der Waals surface area contributed by atoms with Gasteiger partial charge in [-0.1, -0.05) is 6.07 Å². The number of amides is 2. The van der Waals surface area contributed by atoms with Crippen LogP contribution < -0.4 is 10.6 Å². The van der Waals surface area contributed by atoms with E-state index in [0.717, 1.165) is 37.0 Å². The Labute approximate surface area is 188 Å². The van der Waals surface area contributed by atoms with Gasteiger partial charge >= 0.3 is 0 Å². The third-order valence-corrected chi connectivity index (χ3v) is 8.49. The molecule has 0 unspecified atom stereocenters. The molecule has 5 saturated carbocycles. The summed E-state index contributed by atoms with van der Waals surface area (Å²) in [7, 11) is 0. The monoisotopic (exact) mass is 436 g/mol. The van der Waals surface area contributed by atoms with Crippen LogP contribution in [-0.2, 0) is 4.79 Å². The fourth-order valence-electron chi connectivity index (χ4n) is 7.61. The van der Waals surface area contributed by atoms with E-state index in [1.807, 2.05) is 18.2 Å². The highest BCUT2D eigenvalue weighted by atomic mass is 16.3. The van der Waals surface area contributed by atoms with E-state index in [1.54, 1.807) is 10.6 Å². The summed E-state index contributed by atoms with van der Waals surface area (Å²) >= 11 is 0. The molecule has 5 aliphatic carbocycles. The number of anilines is 1. The summed E-state index contributed by atoms with van der Waals surface area (Å²) in [4.78, 5) is 30.2. The van der Waals surface area contributed by atoms with E-state index in [0.29, 0.717) is 23.6 Å². The zero-order chi connectivity index (χ0) is 21.9. The van der Waals surface area contributed by atoms with Crippen molar-refractivity contribution >= 4 is 23.3 Å². The van der Waals surface area contributed by atoms with E-state index in [2.05, 4.69) is 15.6 Å². The molecule has 0 aliphatic heterocycles. The van der Waals surface area contributed by atoms with E-state index in [1.165, 1.54) is 38.5 Å². The zero-order valence-electron chi connectivity index (χ0n) is 18.4. The van der Waals surface area contributed by atoms with Gasteiger partial charge in [0.2, 0.25) is 5.91 Å². The molecule has 0 radical (unpaired) electrons. The van der Waals surface area contributed by atoms with Crippen LogP contribution in [0.5, 0.6) is 0 Å². The van der Waals surface area contributed by atoms with Crippen LogP contribution in [0.1, 0.15) is 74.7 Å². The number of hydrogen-bond donors (Lipinski definition) is 3. The normalized spacial score (nSPS) is 35.3. The third kappa shape index (κ3) is 3.60. The first-order valence-corrected chi connectivity index (χ1v) is 12.2. The van der Waals surface area contributed by atoms with Crippen LogP contribution in [0.25, 0.3) is 5.65 Å². The van der Waals surface area contributed by atoms with Crippen LogP contribution in [0.4, 0.5) is 5.82 Å². The van der Waals surface area contributed by atoms with Crippen molar-refractivity contribution in [2.24, 2.45) is 23.2 Å². The van der Waals surface area contributed by atoms with Crippen LogP contribution >= 0.6 is 0 Å². The minimum Gasteiger partial charge on any atom is -0.391 e. The molecule has 7 nitrogen and oxygen atoms in total. The highest BCUT2D eigenvalue weighted by Crippen LogP contribution is 2.61. The first kappa shape index (κ1) is 20.2. The molecule has 5 fully saturated rings. The van der Waals surface area contributed by atoms with Crippen LogP contribution in [0.3, 0.4) is 0 Å². The second-order valence-electron chi connectivity index (χ2n) is 11.0. The second kappa shape index (κ2) is 7.58. The molecule has 0 aromatic carbocycles. The second-order valence-corrected chi connectivity index (χ2v) is 11.0. The van der Waals surface area contributed by atoms with E-state index >= 15 is 0 Å². The first-order valence-electron chi connectivity index (χ1n) is 12.2. The number of fused-ring (bicyclic) bond motifs is 1. The molecule has 0 saturated heterocycles. The quantitative estimate of drug-likeness (QED) is 0.668. The Hall–Kier alpha value is -2.41. The first-order chi connectivity index (χ1) is 15.5. The maximum Gasteiger partial charge on any atom is 0.271 e. The molecule has 2 aromatic rings. The molecular weight excluding hydrogens is 404 g/mol. The van der Waals surface area contributed by atoms with Crippen LogP contribution in [0.15, 0.2) is 24.4 Å². The predicted octanol–water partition coefficient (Wildman–Crippen LogP) is 3.52. The number of rotatable bonds is 5. The Bertz CT molecular complexity index is 1030. The Morgan fingerprint density at radius 3 is 2.47 bits per heavy atom. The van der Waals surface area contributed by atoms with E-state index < -0.39 is 6.10 Å². The smallest absolute Gasteiger partial charge is 0.271 e. The van der Waals surface area contributed by atoms with Gasteiger partial charge in [-0.25, -0.2) is 4.98 Å². The van der Waals surface area contributed by atoms with Gasteiger partial charge in [-0.05, 0) is 93.1 Å². The van der Waals surface area contributed by atoms with Gasteiger partial charge in [-0.2, -0.15) is 0 Å². The Kier molecular flexibility index (Phi) is 4.79. The number of carbonyl (C=O) groups is 2. The molecule has 4 bridgehead atoms. The molecule has 7 heteroatoms. The lowest BCUT2D eigenvalue weighted by Crippen LogP contribution is -2.47. The summed E-state index contributed by atoms with van der Waals surface area (Å²) in [5.74, 6) is 2.89. The number of nitrogens with zero attached hydrogens (tertiary/aromatic N) is 2. The number of pyridine rings is 1. The van der Waals surface area contributed by atoms with Crippen molar-refractivity contribution in [1.29, 1.82) is 0 Å². The molecular formula is C25H32N4O3. The molecule has 2 heterocycles. The molecule has 32 heavy (non-hydrogen) atoms. The zero-order valence-corrected chi connectivity index (χ0v) is 18.4. The minimum atomic E-state index is -0.490. The average molecular weight is 437 g/mol. The summed E-state index contributed by atoms with van der Waals surface area (Å²) in [6.45, 7) is 0. The molecule has 2 atom stereocenters. The standard InChI is InChI=1S/C25H32N4O3/c30-20-4-1-3-18(20)27-24(32)19-14-29-21(26-19)5-2-6-22(29)28-23(31)13-25-10-15-7-16(11-25)9-17(8-15)12-25/h2,5-6,14-18,20,30H,1,3-4,7-13H2,(H,27,32)(H,28,31)/t15?,16?,17?,18-,20-,25?/m1/s1. The predicted molar refractivity (Wildman–Crippen MR) is 120 cm³/mol. The summed E-state index contributed by atoms with van der Waals surface area (Å²) in [5.41, 5.74) is 1.11. The van der Waals surface area contributed by atoms with E-state index in [-0.39, 0.29) is 23.3 Å². The maximum atomic E-state index is 13.1. The highest BCUT2D eigenvalue weighted by Gasteiger charge is 2.51. The van der Waals surface area contributed by atoms with E-state index in [4.69, 9.17) is 0 Å². The van der Waals surface area contributed by atoms with Gasteiger partial charge in [0.15, 0.2) is 0 Å². The number of nitrogens with one attached hydrogen (secondary N) is 2. The maximum absolute atomic E-state index is 13.1. The van der Waals surface area contributed by atoms with Crippen molar-refractivity contribution in [2.75, 3.05) is 5.32 Å². The fourth-order valence-corrected chi connectivity index (χ4v) is 7.61. The van der Waals surface area contributed by atoms with Crippen molar-refractivity contribution in [3.63, 3.8) is 0 Å². The van der Waals surface area contributed by atoms with Crippen LogP contribution in [0, 0.1) is 23.2 Å². The SMILES string of the molecule is O=C(CC12CC3CC(CC(C3)C1)C2)Nc1cccc2nc(C(=O)N[C@@H]3CCC[C@H]3O)cn12. The molecule has 2 amide bonds. The molecule has 7 rings (SSSR count). The van der Waals surface area contributed by atoms with Crippen molar-refractivity contribution in [3.8, 4) is 0 Å². The number of imidazole rings is 1. The summed E-state index contributed by atoms with van der Waals surface area (Å²) in [6.07, 6.45) is 11.9. The highest BCUT2D eigenvalue weighted by molar-refractivity contribution is 5.94. The average Bonchev–Trinajstić information content (AvgIpc) is 3.33. The topological polar surface area (TPSA) is 95.7 Å². The molecule has 2 aromatic heterocycles. The van der Waals surface area contributed by atoms with Crippen molar-refractivity contribution in [1.82, 2.24) is 14.7 Å². The fraction of sp³-hybridized carbons (Fsp3) is 0.640. The summed E-state index contributed by atoms with van der Waals surface area (Å²) in [5, 5.41) is 16.0. The Balaban J connectivity index is 1.17. The number of carbonyl (C=O) groups excluding carboxylic acids is 2. The summed E-state index contributed by atoms with van der Waals surface area (Å²) in [6, 6.07) is 5.32. The number of aliphatic hydroxyl groups excluding tert-OH is 1. The minimum absolute atomic E-state index is 0.0632. The van der Waals surface area contributed by atoms with Gasteiger partial charge in [-0.15, -0.1) is 0 Å². The largest absolute Gasteiger partial charge is 0.391 e. The van der Waals surface area contributed by atoms with Crippen LogP contribution in [-0.4, -0.2) is 38.5 Å². The molecule has 5 aliphatic rings. The molecule has 3 N–H and O–H groups in total. The number of aromatic nitrogens is 2. The number of aliphatic hydroxyl groups is 1. The van der Waals surface area contributed by atoms with Gasteiger partial charge in [-0.3, -0.25) is 14.0 Å². The third-order valence-electron chi connectivity index (χ3n) is 8.49. The molecule has 170 valence electrons. The molecule has 0 spiro atoms. The van der Waals surface area contributed by atoms with E-state index in [9.17, 15) is 14.7 Å². The van der Waals surface area contributed by atoms with Crippen LogP contribution in [0.2, 0.25) is 0 Å². The number of hydrogen-bond acceptors (Lipinski definition) is 4. The van der Waals surface area contributed by atoms with Gasteiger partial charge < -0.3 is 15.7 Å². The van der Waals surface area contributed by atoms with Crippen molar-refractivity contribution in [2.45, 2.75) is 76.4 Å². The lowest BCUT2D eigenvalue weighted by atomic mass is 9.49. The lowest BCUT2D eigenvalue weighted by Gasteiger charge is -2.56. The Morgan fingerprint density at radius 2 is 1.81 bits per heavy atom. The lowest BCUT2D eigenvalue weighted by molar-refractivity contribution is -0.124. The van der Waals surface area contributed by atoms with Gasteiger partial charge in [0, 0.05) is 12.6 Å². The van der Waals surface area contributed by atoms with Gasteiger partial charge in [0.05, 0.1) is 12.1 Å².